The average molecular weight is 417 g/mol. The van der Waals surface area contributed by atoms with Gasteiger partial charge < -0.3 is 25.0 Å². The minimum atomic E-state index is -0.342. The van der Waals surface area contributed by atoms with Gasteiger partial charge in [0.25, 0.3) is 5.56 Å². The van der Waals surface area contributed by atoms with Gasteiger partial charge in [-0.05, 0) is 32.4 Å². The molecule has 1 aromatic rings. The van der Waals surface area contributed by atoms with Gasteiger partial charge in [0.1, 0.15) is 5.69 Å². The zero-order chi connectivity index (χ0) is 21.4. The van der Waals surface area contributed by atoms with Gasteiger partial charge >= 0.3 is 6.03 Å². The summed E-state index contributed by atoms with van der Waals surface area (Å²) in [4.78, 5) is 40.3. The van der Waals surface area contributed by atoms with Crippen LogP contribution in [0.1, 0.15) is 51.6 Å². The number of fused-ring (bicyclic) bond motifs is 4. The number of likely N-dealkylation sites (tertiary alicyclic amines) is 2. The number of amides is 3. The molecule has 3 aliphatic heterocycles. The van der Waals surface area contributed by atoms with Crippen molar-refractivity contribution in [2.24, 2.45) is 5.92 Å². The van der Waals surface area contributed by atoms with Crippen molar-refractivity contribution < 1.29 is 14.5 Å². The van der Waals surface area contributed by atoms with E-state index in [4.69, 9.17) is 0 Å². The summed E-state index contributed by atoms with van der Waals surface area (Å²) in [6, 6.07) is 4.06. The second-order valence-corrected chi connectivity index (χ2v) is 9.49. The van der Waals surface area contributed by atoms with Crippen molar-refractivity contribution in [3.63, 3.8) is 0 Å². The normalized spacial score (nSPS) is 26.3. The Labute approximate surface area is 177 Å². The highest BCUT2D eigenvalue weighted by Crippen LogP contribution is 2.31. The van der Waals surface area contributed by atoms with Gasteiger partial charge in [-0.15, -0.1) is 0 Å². The third-order valence-electron chi connectivity index (χ3n) is 6.93. The highest BCUT2D eigenvalue weighted by Gasteiger charge is 2.41. The number of carbonyl (C=O) groups excluding carboxylic acids is 2. The molecule has 0 radical (unpaired) electrons. The fraction of sp³-hybridized carbons (Fsp3) is 0.682. The Morgan fingerprint density at radius 2 is 1.90 bits per heavy atom. The van der Waals surface area contributed by atoms with E-state index in [0.29, 0.717) is 23.6 Å². The van der Waals surface area contributed by atoms with E-state index in [1.165, 1.54) is 0 Å². The second kappa shape index (κ2) is 8.41. The van der Waals surface area contributed by atoms with Gasteiger partial charge in [0.05, 0.1) is 19.1 Å². The molecule has 1 aromatic heterocycles. The van der Waals surface area contributed by atoms with Crippen LogP contribution >= 0.6 is 0 Å². The average Bonchev–Trinajstić information content (AvgIpc) is 2.70. The Morgan fingerprint density at radius 3 is 2.57 bits per heavy atom. The molecule has 0 saturated carbocycles. The number of aromatic nitrogens is 1. The number of pyridine rings is 1. The van der Waals surface area contributed by atoms with Crippen molar-refractivity contribution in [1.82, 2.24) is 14.8 Å². The Hall–Kier alpha value is -2.35. The van der Waals surface area contributed by atoms with Crippen LogP contribution < -0.4 is 21.1 Å². The van der Waals surface area contributed by atoms with Gasteiger partial charge in [-0.2, -0.15) is 0 Å². The Kier molecular flexibility index (Phi) is 5.86. The van der Waals surface area contributed by atoms with Gasteiger partial charge in [0.15, 0.2) is 0 Å². The molecule has 4 rings (SSSR count). The quantitative estimate of drug-likeness (QED) is 0.666. The van der Waals surface area contributed by atoms with E-state index >= 15 is 0 Å². The number of urea groups is 1. The smallest absolute Gasteiger partial charge is 0.319 e. The molecule has 3 atom stereocenters. The van der Waals surface area contributed by atoms with Gasteiger partial charge in [-0.1, -0.05) is 0 Å². The summed E-state index contributed by atoms with van der Waals surface area (Å²) < 4.78 is 1.89. The summed E-state index contributed by atoms with van der Waals surface area (Å²) >= 11 is 0. The van der Waals surface area contributed by atoms with Crippen LogP contribution in [-0.2, 0) is 11.3 Å². The largest absolute Gasteiger partial charge is 0.342 e. The Morgan fingerprint density at radius 1 is 1.17 bits per heavy atom. The zero-order valence-corrected chi connectivity index (χ0v) is 18.2. The maximum absolute atomic E-state index is 13.0. The predicted octanol–water partition coefficient (Wildman–Crippen LogP) is 0.391. The van der Waals surface area contributed by atoms with Crippen LogP contribution in [0, 0.1) is 5.92 Å². The maximum atomic E-state index is 13.0. The number of nitrogens with one attached hydrogen (secondary N) is 3. The molecular formula is C22H34N5O3+. The number of hydrogen-bond donors (Lipinski definition) is 3. The van der Waals surface area contributed by atoms with Crippen molar-refractivity contribution >= 4 is 17.6 Å². The Bertz CT molecular complexity index is 872. The van der Waals surface area contributed by atoms with Gasteiger partial charge in [-0.3, -0.25) is 9.59 Å². The lowest BCUT2D eigenvalue weighted by atomic mass is 9.82. The van der Waals surface area contributed by atoms with Crippen LogP contribution in [0.15, 0.2) is 16.9 Å². The summed E-state index contributed by atoms with van der Waals surface area (Å²) in [6.07, 6.45) is 3.26. The molecule has 2 bridgehead atoms. The van der Waals surface area contributed by atoms with Crippen LogP contribution in [0.2, 0.25) is 0 Å². The molecule has 30 heavy (non-hydrogen) atoms. The van der Waals surface area contributed by atoms with Crippen molar-refractivity contribution in [2.75, 3.05) is 31.5 Å². The fourth-order valence-corrected chi connectivity index (χ4v) is 5.55. The summed E-state index contributed by atoms with van der Waals surface area (Å²) in [6.45, 7) is 10.0. The number of piperidine rings is 2. The van der Waals surface area contributed by atoms with Crippen molar-refractivity contribution in [2.45, 2.75) is 64.6 Å². The molecule has 164 valence electrons. The van der Waals surface area contributed by atoms with E-state index in [9.17, 15) is 14.4 Å². The molecule has 0 spiro atoms. The van der Waals surface area contributed by atoms with Crippen molar-refractivity contribution in [3.8, 4) is 0 Å². The monoisotopic (exact) mass is 416 g/mol. The summed E-state index contributed by atoms with van der Waals surface area (Å²) in [5.74, 6) is 1.04. The first-order chi connectivity index (χ1) is 14.3. The summed E-state index contributed by atoms with van der Waals surface area (Å²) in [7, 11) is 0. The topological polar surface area (TPSA) is 87.9 Å². The first-order valence-electron chi connectivity index (χ1n) is 11.2. The second-order valence-electron chi connectivity index (χ2n) is 9.49. The molecule has 3 N–H and O–H groups in total. The number of carbonyl (C=O) groups is 2. The first-order valence-corrected chi connectivity index (χ1v) is 11.2. The number of anilines is 1. The molecule has 1 unspecified atom stereocenters. The molecule has 8 heteroatoms. The van der Waals surface area contributed by atoms with Crippen LogP contribution in [0.4, 0.5) is 10.5 Å². The zero-order valence-electron chi connectivity index (χ0n) is 18.2. The van der Waals surface area contributed by atoms with E-state index in [1.807, 2.05) is 29.4 Å². The molecule has 4 heterocycles. The van der Waals surface area contributed by atoms with E-state index < -0.39 is 0 Å². The number of rotatable bonds is 3. The van der Waals surface area contributed by atoms with Crippen LogP contribution in [0.25, 0.3) is 0 Å². The first kappa shape index (κ1) is 20.9. The fourth-order valence-electron chi connectivity index (χ4n) is 5.55. The van der Waals surface area contributed by atoms with E-state index in [1.54, 1.807) is 17.9 Å². The van der Waals surface area contributed by atoms with Crippen molar-refractivity contribution in [3.05, 3.63) is 28.2 Å². The third-order valence-corrected chi connectivity index (χ3v) is 6.93. The molecular weight excluding hydrogens is 382 g/mol. The van der Waals surface area contributed by atoms with E-state index in [2.05, 4.69) is 10.6 Å². The minimum Gasteiger partial charge on any atom is -0.342 e. The van der Waals surface area contributed by atoms with E-state index in [0.717, 1.165) is 57.7 Å². The van der Waals surface area contributed by atoms with Crippen LogP contribution in [0.5, 0.6) is 0 Å². The van der Waals surface area contributed by atoms with Gasteiger partial charge in [-0.25, -0.2) is 4.79 Å². The number of quaternary nitrogens is 1. The summed E-state index contributed by atoms with van der Waals surface area (Å²) in [5.41, 5.74) is 1.35. The number of nitrogens with zero attached hydrogens (tertiary/aromatic N) is 2. The minimum absolute atomic E-state index is 0.0148. The lowest BCUT2D eigenvalue weighted by Gasteiger charge is -2.45. The lowest BCUT2D eigenvalue weighted by Crippen LogP contribution is -3.18. The Balaban J connectivity index is 1.46. The lowest BCUT2D eigenvalue weighted by molar-refractivity contribution is -0.937. The highest BCUT2D eigenvalue weighted by molar-refractivity contribution is 5.89. The molecule has 2 fully saturated rings. The molecule has 8 nitrogen and oxygen atoms in total. The van der Waals surface area contributed by atoms with Crippen LogP contribution in [-0.4, -0.2) is 59.7 Å². The molecule has 3 aliphatic rings. The third kappa shape index (κ3) is 4.24. The van der Waals surface area contributed by atoms with E-state index in [-0.39, 0.29) is 23.5 Å². The van der Waals surface area contributed by atoms with Gasteiger partial charge in [0.2, 0.25) is 5.91 Å². The molecule has 0 aliphatic carbocycles. The maximum Gasteiger partial charge on any atom is 0.319 e. The summed E-state index contributed by atoms with van der Waals surface area (Å²) in [5, 5.41) is 5.47. The SMILES string of the molecule is CC(=O)N1CCC([NH+]2C[C@@H]3C[C@H](C2)c2ccc(NC(=O)NC(C)C)c(=O)n2C3)CC1. The predicted molar refractivity (Wildman–Crippen MR) is 115 cm³/mol. The standard InChI is InChI=1S/C22H33N5O3/c1-14(2)23-22(30)24-19-4-5-20-17-10-16(12-27(20)21(19)29)11-26(13-17)18-6-8-25(9-7-18)15(3)28/h4-5,14,16-18H,6-13H2,1-3H3,(H2,23,24,30)/p+1/t16-,17+/m0/s1. The van der Waals surface area contributed by atoms with Crippen LogP contribution in [0.3, 0.4) is 0 Å². The molecule has 3 amide bonds. The van der Waals surface area contributed by atoms with Crippen molar-refractivity contribution in [1.29, 1.82) is 0 Å². The van der Waals surface area contributed by atoms with Gasteiger partial charge in [0, 0.05) is 63.0 Å². The number of hydrogen-bond acceptors (Lipinski definition) is 3. The molecule has 2 saturated heterocycles. The molecule has 0 aromatic carbocycles. The highest BCUT2D eigenvalue weighted by atomic mass is 16.2.